The van der Waals surface area contributed by atoms with E-state index in [4.69, 9.17) is 12.6 Å². The summed E-state index contributed by atoms with van der Waals surface area (Å²) in [5, 5.41) is 8.86. The van der Waals surface area contributed by atoms with Gasteiger partial charge in [-0.2, -0.15) is 0 Å². The van der Waals surface area contributed by atoms with Crippen molar-refractivity contribution in [2.24, 2.45) is 4.99 Å². The van der Waals surface area contributed by atoms with Crippen LogP contribution in [0.1, 0.15) is 42.0 Å². The molecular formula is C22H29NO3. The largest absolute Gasteiger partial charge is 0.508 e. The fourth-order valence-corrected chi connectivity index (χ4v) is 2.27. The predicted octanol–water partition coefficient (Wildman–Crippen LogP) is 5.44. The Balaban J connectivity index is 0.000000481. The number of carbonyl (C=O) groups excluding carboxylic acids is 1. The molecule has 0 unspecified atom stereocenters. The number of aryl methyl sites for hydroxylation is 1. The van der Waals surface area contributed by atoms with Gasteiger partial charge in [-0.1, -0.05) is 50.7 Å². The minimum Gasteiger partial charge on any atom is -0.508 e. The number of hydrogen-bond donors (Lipinski definition) is 1. The van der Waals surface area contributed by atoms with Crippen molar-refractivity contribution in [1.29, 1.82) is 0 Å². The molecule has 4 nitrogen and oxygen atoms in total. The zero-order valence-corrected chi connectivity index (χ0v) is 16.1. The number of ether oxygens (including phenoxy) is 1. The van der Waals surface area contributed by atoms with Crippen LogP contribution in [0.25, 0.3) is 6.08 Å². The van der Waals surface area contributed by atoms with E-state index in [1.165, 1.54) is 20.4 Å². The number of rotatable bonds is 2. The van der Waals surface area contributed by atoms with Gasteiger partial charge in [0.2, 0.25) is 0 Å². The van der Waals surface area contributed by atoms with Gasteiger partial charge >= 0.3 is 0 Å². The molecule has 0 atom stereocenters. The van der Waals surface area contributed by atoms with Crippen molar-refractivity contribution < 1.29 is 17.4 Å². The van der Waals surface area contributed by atoms with Crippen molar-refractivity contribution in [3.05, 3.63) is 65.4 Å². The van der Waals surface area contributed by atoms with E-state index in [1.54, 1.807) is 31.4 Å². The van der Waals surface area contributed by atoms with E-state index in [0.717, 1.165) is 11.3 Å². The van der Waals surface area contributed by atoms with Crippen LogP contribution >= 0.6 is 0 Å². The number of Topliss-reactive ketones (excluding diaryl/α,β-unsaturated/α-hetero) is 1. The second kappa shape index (κ2) is 10.9. The Morgan fingerprint density at radius 1 is 1.15 bits per heavy atom. The Labute approximate surface area is 159 Å². The molecule has 0 spiro atoms. The third-order valence-electron chi connectivity index (χ3n) is 3.41. The summed E-state index contributed by atoms with van der Waals surface area (Å²) in [5.74, 6) is 1.03. The molecule has 1 N–H and O–H groups in total. The summed E-state index contributed by atoms with van der Waals surface area (Å²) in [7, 11) is 4.06. The van der Waals surface area contributed by atoms with Crippen molar-refractivity contribution >= 4 is 17.6 Å². The zero-order valence-electron chi connectivity index (χ0n) is 18.1. The highest BCUT2D eigenvalue weighted by Gasteiger charge is 2.17. The molecule has 1 aliphatic rings. The monoisotopic (exact) mass is 359 g/mol. The van der Waals surface area contributed by atoms with Crippen LogP contribution in [-0.2, 0) is 4.79 Å². The molecule has 2 aromatic rings. The number of allylic oxidation sites excluding steroid dienone is 1. The molecular weight excluding hydrogens is 326 g/mol. The summed E-state index contributed by atoms with van der Waals surface area (Å²) in [6, 6.07) is 14.7. The summed E-state index contributed by atoms with van der Waals surface area (Å²) >= 11 is 0. The number of methoxy groups -OCH3 is 1. The number of nitrogens with zero attached hydrogens (tertiary/aromatic N) is 1. The highest BCUT2D eigenvalue weighted by atomic mass is 16.5. The summed E-state index contributed by atoms with van der Waals surface area (Å²) in [5.41, 5.74) is 3.71. The van der Waals surface area contributed by atoms with E-state index in [9.17, 15) is 4.79 Å². The lowest BCUT2D eigenvalue weighted by Crippen LogP contribution is -1.94. The van der Waals surface area contributed by atoms with Gasteiger partial charge in [0.15, 0.2) is 5.78 Å². The third kappa shape index (κ3) is 6.93. The van der Waals surface area contributed by atoms with E-state index in [2.05, 4.69) is 4.99 Å². The number of benzene rings is 2. The van der Waals surface area contributed by atoms with Crippen LogP contribution in [0.5, 0.6) is 11.5 Å². The lowest BCUT2D eigenvalue weighted by atomic mass is 10.1. The highest BCUT2D eigenvalue weighted by Crippen LogP contribution is 2.18. The van der Waals surface area contributed by atoms with Gasteiger partial charge in [-0.3, -0.25) is 9.79 Å². The van der Waals surface area contributed by atoms with Crippen molar-refractivity contribution in [2.75, 3.05) is 7.11 Å². The van der Waals surface area contributed by atoms with Gasteiger partial charge < -0.3 is 9.84 Å². The van der Waals surface area contributed by atoms with Crippen molar-refractivity contribution in [1.82, 2.24) is 0 Å². The molecule has 0 bridgehead atoms. The normalized spacial score (nSPS) is 14.3. The minimum absolute atomic E-state index is 0.119. The van der Waals surface area contributed by atoms with Gasteiger partial charge in [-0.05, 0) is 37.6 Å². The first-order valence-corrected chi connectivity index (χ1v) is 7.66. The van der Waals surface area contributed by atoms with Crippen molar-refractivity contribution in [3.63, 3.8) is 0 Å². The van der Waals surface area contributed by atoms with Crippen LogP contribution in [0.15, 0.2) is 59.2 Å². The fourth-order valence-electron chi connectivity index (χ4n) is 2.27. The van der Waals surface area contributed by atoms with Crippen LogP contribution in [0.2, 0.25) is 0 Å². The molecule has 0 saturated carbocycles. The summed E-state index contributed by atoms with van der Waals surface area (Å²) in [6.45, 7) is 3.92. The molecule has 0 aliphatic carbocycles. The predicted molar refractivity (Wildman–Crippen MR) is 110 cm³/mol. The molecule has 1 aliphatic heterocycles. The number of ketones is 1. The molecule has 4 heteroatoms. The first-order chi connectivity index (χ1) is 13.5. The number of hydrogen-bond acceptors (Lipinski definition) is 4. The quantitative estimate of drug-likeness (QED) is 0.726. The van der Waals surface area contributed by atoms with Crippen molar-refractivity contribution in [3.8, 4) is 11.5 Å². The number of phenolic OH excluding ortho intramolecular Hbond substituents is 1. The smallest absolute Gasteiger partial charge is 0.186 e. The van der Waals surface area contributed by atoms with Gasteiger partial charge in [0.05, 0.1) is 13.5 Å². The SMILES string of the molecule is CC1=N/C(=C\c2cccc(C)c2)C(=O)C1.COc1cccc(O)c1.[3H]C.[3H]C. The van der Waals surface area contributed by atoms with Gasteiger partial charge in [0.1, 0.15) is 17.2 Å². The Bertz CT molecular complexity index is 802. The molecule has 0 amide bonds. The molecule has 0 fully saturated rings. The average molecular weight is 359 g/mol. The number of aliphatic imine (C=N–C) groups is 1. The van der Waals surface area contributed by atoms with E-state index in [0.29, 0.717) is 17.9 Å². The van der Waals surface area contributed by atoms with Crippen LogP contribution in [0.3, 0.4) is 0 Å². The summed E-state index contributed by atoms with van der Waals surface area (Å²) in [4.78, 5) is 15.7. The topological polar surface area (TPSA) is 58.9 Å². The molecule has 3 rings (SSSR count). The zero-order chi connectivity index (χ0) is 21.5. The Morgan fingerprint density at radius 2 is 1.85 bits per heavy atom. The van der Waals surface area contributed by atoms with Crippen LogP contribution in [0, 0.1) is 6.92 Å². The molecule has 0 saturated heterocycles. The standard InChI is InChI=1S/C13H13NO.C7H8O2.2CH4/c1-9-4-3-5-11(6-9)8-12-13(15)7-10(2)14-12;1-9-7-4-2-3-6(8)5-7;;/h3-6,8H,7H2,1-2H3;2-5,8H,1H3;2*1H4/b12-8-;;;/i;;2*1T. The molecule has 0 aromatic heterocycles. The van der Waals surface area contributed by atoms with Crippen LogP contribution in [-0.4, -0.2) is 23.7 Å². The second-order valence-corrected chi connectivity index (χ2v) is 5.59. The van der Waals surface area contributed by atoms with Crippen molar-refractivity contribution in [2.45, 2.75) is 35.1 Å². The summed E-state index contributed by atoms with van der Waals surface area (Å²) < 4.78 is 16.3. The maximum Gasteiger partial charge on any atom is 0.186 e. The second-order valence-electron chi connectivity index (χ2n) is 5.59. The number of aromatic hydroxyl groups is 1. The summed E-state index contributed by atoms with van der Waals surface area (Å²) in [6.07, 6.45) is 2.32. The van der Waals surface area contributed by atoms with E-state index >= 15 is 0 Å². The number of phenols is 1. The van der Waals surface area contributed by atoms with Crippen LogP contribution < -0.4 is 4.74 Å². The Kier molecular flexibility index (Phi) is 8.13. The first-order valence-electron chi connectivity index (χ1n) is 9.66. The first kappa shape index (κ1) is 19.4. The maximum atomic E-state index is 11.5. The fraction of sp³-hybridized carbons (Fsp3) is 0.273. The molecule has 2 aromatic carbocycles. The minimum atomic E-state index is 0.119. The Morgan fingerprint density at radius 3 is 2.35 bits per heavy atom. The van der Waals surface area contributed by atoms with Gasteiger partial charge in [0, 0.05) is 14.5 Å². The molecule has 140 valence electrons. The third-order valence-corrected chi connectivity index (χ3v) is 3.41. The van der Waals surface area contributed by atoms with E-state index < -0.39 is 0 Å². The lowest BCUT2D eigenvalue weighted by molar-refractivity contribution is -0.114. The molecule has 0 radical (unpaired) electrons. The van der Waals surface area contributed by atoms with Gasteiger partial charge in [-0.15, -0.1) is 0 Å². The lowest BCUT2D eigenvalue weighted by Gasteiger charge is -1.97. The molecule has 1 heterocycles. The van der Waals surface area contributed by atoms with Crippen LogP contribution in [0.4, 0.5) is 0 Å². The Hall–Kier alpha value is -2.88. The number of carbonyl (C=O) groups is 1. The highest BCUT2D eigenvalue weighted by molar-refractivity contribution is 6.16. The molecule has 26 heavy (non-hydrogen) atoms. The van der Waals surface area contributed by atoms with Gasteiger partial charge in [-0.25, -0.2) is 0 Å². The maximum absolute atomic E-state index is 11.5. The van der Waals surface area contributed by atoms with E-state index in [1.807, 2.05) is 44.2 Å². The average Bonchev–Trinajstić information content (AvgIpc) is 3.02. The van der Waals surface area contributed by atoms with E-state index in [-0.39, 0.29) is 11.5 Å². The van der Waals surface area contributed by atoms with Gasteiger partial charge in [0.25, 0.3) is 0 Å².